The van der Waals surface area contributed by atoms with Crippen LogP contribution in [-0.2, 0) is 16.4 Å². The second kappa shape index (κ2) is 8.39. The average Bonchev–Trinajstić information content (AvgIpc) is 2.60. The Kier molecular flexibility index (Phi) is 6.49. The lowest BCUT2D eigenvalue weighted by Gasteiger charge is -2.27. The number of nitrogens with one attached hydrogen (secondary N) is 2. The van der Waals surface area contributed by atoms with Crippen molar-refractivity contribution in [2.45, 2.75) is 25.5 Å². The summed E-state index contributed by atoms with van der Waals surface area (Å²) in [4.78, 5) is 6.34. The fourth-order valence-corrected chi connectivity index (χ4v) is 2.90. The minimum atomic E-state index is -3.37. The van der Waals surface area contributed by atoms with E-state index >= 15 is 0 Å². The normalized spacial score (nSPS) is 15.5. The second-order valence-corrected chi connectivity index (χ2v) is 8.25. The molecule has 0 aliphatic carbocycles. The van der Waals surface area contributed by atoms with Crippen molar-refractivity contribution < 1.29 is 17.9 Å². The molecule has 0 bridgehead atoms. The molecule has 1 aromatic carbocycles. The third-order valence-corrected chi connectivity index (χ3v) is 5.64. The largest absolute Gasteiger partial charge is 0.493 e. The third-order valence-electron chi connectivity index (χ3n) is 3.92. The summed E-state index contributed by atoms with van der Waals surface area (Å²) in [5.41, 5.74) is 1.13. The topological polar surface area (TPSA) is 92.3 Å². The summed E-state index contributed by atoms with van der Waals surface area (Å²) < 4.78 is 36.7. The molecule has 0 fully saturated rings. The van der Waals surface area contributed by atoms with Crippen LogP contribution in [0.4, 0.5) is 0 Å². The zero-order chi connectivity index (χ0) is 18.4. The number of methoxy groups -OCH3 is 2. The molecule has 0 amide bonds. The number of hydrogen-bond acceptors (Lipinski definition) is 7. The quantitative estimate of drug-likeness (QED) is 0.736. The van der Waals surface area contributed by atoms with Gasteiger partial charge < -0.3 is 14.8 Å². The molecule has 0 radical (unpaired) electrons. The lowest BCUT2D eigenvalue weighted by molar-refractivity contribution is 0.266. The molecule has 0 aromatic heterocycles. The monoisotopic (exact) mass is 370 g/mol. The average molecular weight is 370 g/mol. The van der Waals surface area contributed by atoms with Gasteiger partial charge in [0.2, 0.25) is 16.0 Å². The summed E-state index contributed by atoms with van der Waals surface area (Å²) in [6, 6.07) is 5.85. The van der Waals surface area contributed by atoms with E-state index < -0.39 is 15.3 Å². The third kappa shape index (κ3) is 5.23. The Labute approximate surface area is 149 Å². The number of benzene rings is 1. The molecule has 8 nitrogen and oxygen atoms in total. The van der Waals surface area contributed by atoms with Crippen LogP contribution in [0.1, 0.15) is 19.4 Å². The molecule has 140 valence electrons. The molecule has 2 rings (SSSR count). The highest BCUT2D eigenvalue weighted by molar-refractivity contribution is 7.90. The van der Waals surface area contributed by atoms with Crippen LogP contribution in [-0.4, -0.2) is 58.6 Å². The maximum atomic E-state index is 11.8. The van der Waals surface area contributed by atoms with Crippen LogP contribution >= 0.6 is 0 Å². The highest BCUT2D eigenvalue weighted by Gasteiger charge is 2.20. The number of nitrogens with zero attached hydrogens (tertiary/aromatic N) is 2. The van der Waals surface area contributed by atoms with E-state index in [1.807, 2.05) is 18.2 Å². The molecule has 2 N–H and O–H groups in total. The van der Waals surface area contributed by atoms with Gasteiger partial charge in [-0.25, -0.2) is 13.4 Å². The van der Waals surface area contributed by atoms with Crippen molar-refractivity contribution in [2.75, 3.05) is 34.1 Å². The van der Waals surface area contributed by atoms with E-state index in [1.54, 1.807) is 28.1 Å². The molecular weight excluding hydrogens is 344 g/mol. The van der Waals surface area contributed by atoms with E-state index in [2.05, 4.69) is 19.9 Å². The van der Waals surface area contributed by atoms with Gasteiger partial charge in [0.15, 0.2) is 11.5 Å². The van der Waals surface area contributed by atoms with E-state index in [9.17, 15) is 8.42 Å². The number of sulfonamides is 1. The number of ether oxygens (including phenoxy) is 2. The highest BCUT2D eigenvalue weighted by Crippen LogP contribution is 2.27. The molecule has 9 heteroatoms. The van der Waals surface area contributed by atoms with E-state index in [1.165, 1.54) is 0 Å². The number of aliphatic imine (C=N–C) groups is 1. The van der Waals surface area contributed by atoms with Crippen LogP contribution < -0.4 is 19.5 Å². The van der Waals surface area contributed by atoms with Crippen molar-refractivity contribution in [2.24, 2.45) is 4.99 Å². The van der Waals surface area contributed by atoms with Crippen LogP contribution in [0, 0.1) is 0 Å². The first-order valence-corrected chi connectivity index (χ1v) is 9.63. The summed E-state index contributed by atoms with van der Waals surface area (Å²) in [7, 11) is -0.146. The minimum Gasteiger partial charge on any atom is -0.493 e. The van der Waals surface area contributed by atoms with E-state index in [0.717, 1.165) is 18.5 Å². The van der Waals surface area contributed by atoms with Gasteiger partial charge in [0.05, 0.1) is 32.8 Å². The standard InChI is InChI=1S/C16H26N4O4S/c1-12(2)25(21,22)19-16-17-10-20(11-18-16)8-7-13-5-6-14(23-3)15(9-13)24-4/h5-6,9,12H,7-8,10-11H2,1-4H3,(H2,17,18,19). The molecule has 0 atom stereocenters. The van der Waals surface area contributed by atoms with Gasteiger partial charge in [-0.15, -0.1) is 0 Å². The van der Waals surface area contributed by atoms with Crippen molar-refractivity contribution in [3.8, 4) is 11.5 Å². The SMILES string of the molecule is COc1ccc(CCN2CN=C(NS(=O)(=O)C(C)C)NC2)cc1OC. The van der Waals surface area contributed by atoms with Gasteiger partial charge in [-0.1, -0.05) is 6.07 Å². The van der Waals surface area contributed by atoms with Crippen molar-refractivity contribution in [1.82, 2.24) is 14.9 Å². The number of rotatable bonds is 7. The Hall–Kier alpha value is -2.00. The van der Waals surface area contributed by atoms with Crippen molar-refractivity contribution in [1.29, 1.82) is 0 Å². The van der Waals surface area contributed by atoms with E-state index in [4.69, 9.17) is 9.47 Å². The number of hydrogen-bond donors (Lipinski definition) is 2. The molecule has 0 spiro atoms. The second-order valence-electron chi connectivity index (χ2n) is 6.01. The fourth-order valence-electron chi connectivity index (χ4n) is 2.26. The zero-order valence-corrected chi connectivity index (χ0v) is 15.9. The molecule has 0 unspecified atom stereocenters. The van der Waals surface area contributed by atoms with Gasteiger partial charge in [0, 0.05) is 6.54 Å². The Morgan fingerprint density at radius 2 is 2.00 bits per heavy atom. The molecule has 0 saturated heterocycles. The smallest absolute Gasteiger partial charge is 0.237 e. The predicted molar refractivity (Wildman–Crippen MR) is 97.5 cm³/mol. The summed E-state index contributed by atoms with van der Waals surface area (Å²) in [5.74, 6) is 1.72. The Balaban J connectivity index is 1.88. The van der Waals surface area contributed by atoms with Crippen molar-refractivity contribution >= 4 is 16.0 Å². The first kappa shape index (κ1) is 19.3. The maximum Gasteiger partial charge on any atom is 0.237 e. The highest BCUT2D eigenvalue weighted by atomic mass is 32.2. The fraction of sp³-hybridized carbons (Fsp3) is 0.562. The predicted octanol–water partition coefficient (Wildman–Crippen LogP) is 0.750. The van der Waals surface area contributed by atoms with Gasteiger partial charge in [-0.05, 0) is 38.0 Å². The van der Waals surface area contributed by atoms with E-state index in [-0.39, 0.29) is 0 Å². The van der Waals surface area contributed by atoms with Crippen molar-refractivity contribution in [3.63, 3.8) is 0 Å². The van der Waals surface area contributed by atoms with E-state index in [0.29, 0.717) is 30.8 Å². The van der Waals surface area contributed by atoms with Gasteiger partial charge in [-0.3, -0.25) is 9.62 Å². The Morgan fingerprint density at radius 1 is 1.28 bits per heavy atom. The summed E-state index contributed by atoms with van der Waals surface area (Å²) >= 11 is 0. The Morgan fingerprint density at radius 3 is 2.56 bits per heavy atom. The van der Waals surface area contributed by atoms with Crippen molar-refractivity contribution in [3.05, 3.63) is 23.8 Å². The summed E-state index contributed by atoms with van der Waals surface area (Å²) in [6.07, 6.45) is 0.824. The molecule has 25 heavy (non-hydrogen) atoms. The zero-order valence-electron chi connectivity index (χ0n) is 15.1. The molecule has 1 heterocycles. The van der Waals surface area contributed by atoms with Crippen LogP contribution in [0.3, 0.4) is 0 Å². The number of guanidine groups is 1. The van der Waals surface area contributed by atoms with Gasteiger partial charge in [-0.2, -0.15) is 0 Å². The first-order valence-electron chi connectivity index (χ1n) is 8.09. The molecule has 1 aromatic rings. The first-order chi connectivity index (χ1) is 11.9. The van der Waals surface area contributed by atoms with Crippen LogP contribution in [0.15, 0.2) is 23.2 Å². The Bertz CT molecular complexity index is 719. The van der Waals surface area contributed by atoms with Crippen LogP contribution in [0.5, 0.6) is 11.5 Å². The van der Waals surface area contributed by atoms with Gasteiger partial charge >= 0.3 is 0 Å². The van der Waals surface area contributed by atoms with Gasteiger partial charge in [0.25, 0.3) is 0 Å². The van der Waals surface area contributed by atoms with Crippen LogP contribution in [0.25, 0.3) is 0 Å². The lowest BCUT2D eigenvalue weighted by atomic mass is 10.1. The van der Waals surface area contributed by atoms with Crippen LogP contribution in [0.2, 0.25) is 0 Å². The molecule has 1 aliphatic rings. The lowest BCUT2D eigenvalue weighted by Crippen LogP contribution is -2.51. The molecule has 1 aliphatic heterocycles. The van der Waals surface area contributed by atoms with Gasteiger partial charge in [0.1, 0.15) is 0 Å². The minimum absolute atomic E-state index is 0.302. The summed E-state index contributed by atoms with van der Waals surface area (Å²) in [5, 5.41) is 2.50. The maximum absolute atomic E-state index is 11.8. The molecule has 0 saturated carbocycles. The molecular formula is C16H26N4O4S. The summed E-state index contributed by atoms with van der Waals surface area (Å²) in [6.45, 7) is 5.02.